The molecule has 1 aliphatic heterocycles. The standard InChI is InChI=1S/C16H24N2O2/c1-4-5-16(19)17-14-6-8-15(9-7-14)18-12(2)10-20-11-13(18)3/h6-9,12-13H,4-5,10-11H2,1-3H3,(H,17,19). The van der Waals surface area contributed by atoms with Gasteiger partial charge in [-0.15, -0.1) is 0 Å². The molecule has 1 N–H and O–H groups in total. The normalized spacial score (nSPS) is 22.6. The summed E-state index contributed by atoms with van der Waals surface area (Å²) in [4.78, 5) is 13.9. The molecule has 2 unspecified atom stereocenters. The molecule has 4 nitrogen and oxygen atoms in total. The predicted molar refractivity (Wildman–Crippen MR) is 82.2 cm³/mol. The second-order valence-electron chi connectivity index (χ2n) is 5.49. The van der Waals surface area contributed by atoms with Crippen LogP contribution in [0.2, 0.25) is 0 Å². The molecule has 0 bridgehead atoms. The quantitative estimate of drug-likeness (QED) is 0.919. The number of nitrogens with zero attached hydrogens (tertiary/aromatic N) is 1. The van der Waals surface area contributed by atoms with Gasteiger partial charge >= 0.3 is 0 Å². The van der Waals surface area contributed by atoms with E-state index < -0.39 is 0 Å². The second-order valence-corrected chi connectivity index (χ2v) is 5.49. The average molecular weight is 276 g/mol. The molecule has 1 fully saturated rings. The molecule has 2 atom stereocenters. The summed E-state index contributed by atoms with van der Waals surface area (Å²) in [5.41, 5.74) is 2.04. The number of nitrogens with one attached hydrogen (secondary N) is 1. The molecular weight excluding hydrogens is 252 g/mol. The number of hydrogen-bond donors (Lipinski definition) is 1. The topological polar surface area (TPSA) is 41.6 Å². The van der Waals surface area contributed by atoms with Crippen molar-refractivity contribution in [2.24, 2.45) is 0 Å². The van der Waals surface area contributed by atoms with Crippen molar-refractivity contribution in [1.29, 1.82) is 0 Å². The minimum Gasteiger partial charge on any atom is -0.377 e. The van der Waals surface area contributed by atoms with Crippen molar-refractivity contribution in [2.75, 3.05) is 23.4 Å². The van der Waals surface area contributed by atoms with Crippen LogP contribution < -0.4 is 10.2 Å². The lowest BCUT2D eigenvalue weighted by Gasteiger charge is -2.40. The van der Waals surface area contributed by atoms with Crippen LogP contribution in [-0.2, 0) is 9.53 Å². The number of ether oxygens (including phenoxy) is 1. The molecule has 110 valence electrons. The molecule has 4 heteroatoms. The fraction of sp³-hybridized carbons (Fsp3) is 0.562. The number of rotatable bonds is 4. The van der Waals surface area contributed by atoms with Crippen LogP contribution in [0.15, 0.2) is 24.3 Å². The molecule has 0 spiro atoms. The molecule has 1 aliphatic rings. The van der Waals surface area contributed by atoms with Crippen LogP contribution in [0.25, 0.3) is 0 Å². The lowest BCUT2D eigenvalue weighted by atomic mass is 10.1. The van der Waals surface area contributed by atoms with Gasteiger partial charge in [-0.25, -0.2) is 0 Å². The first-order valence-electron chi connectivity index (χ1n) is 7.37. The first-order valence-corrected chi connectivity index (χ1v) is 7.37. The number of benzene rings is 1. The van der Waals surface area contributed by atoms with E-state index in [-0.39, 0.29) is 5.91 Å². The Labute approximate surface area is 121 Å². The van der Waals surface area contributed by atoms with Crippen molar-refractivity contribution in [2.45, 2.75) is 45.7 Å². The molecule has 2 rings (SSSR count). The Morgan fingerprint density at radius 2 is 1.85 bits per heavy atom. The van der Waals surface area contributed by atoms with Crippen LogP contribution in [0, 0.1) is 0 Å². The van der Waals surface area contributed by atoms with Gasteiger partial charge in [-0.3, -0.25) is 4.79 Å². The Bertz CT molecular complexity index is 434. The highest BCUT2D eigenvalue weighted by molar-refractivity contribution is 5.90. The number of amides is 1. The van der Waals surface area contributed by atoms with E-state index in [2.05, 4.69) is 36.2 Å². The summed E-state index contributed by atoms with van der Waals surface area (Å²) in [6, 6.07) is 8.83. The molecule has 0 aromatic heterocycles. The van der Waals surface area contributed by atoms with Gasteiger partial charge in [-0.1, -0.05) is 6.92 Å². The third kappa shape index (κ3) is 3.51. The third-order valence-electron chi connectivity index (χ3n) is 3.59. The van der Waals surface area contributed by atoms with Gasteiger partial charge in [-0.2, -0.15) is 0 Å². The van der Waals surface area contributed by atoms with E-state index in [0.29, 0.717) is 18.5 Å². The summed E-state index contributed by atoms with van der Waals surface area (Å²) >= 11 is 0. The first kappa shape index (κ1) is 14.9. The van der Waals surface area contributed by atoms with Gasteiger partial charge in [-0.05, 0) is 44.5 Å². The Morgan fingerprint density at radius 1 is 1.25 bits per heavy atom. The van der Waals surface area contributed by atoms with Crippen molar-refractivity contribution in [1.82, 2.24) is 0 Å². The smallest absolute Gasteiger partial charge is 0.224 e. The molecule has 0 saturated carbocycles. The molecule has 1 saturated heterocycles. The Balaban J connectivity index is 2.05. The van der Waals surface area contributed by atoms with Crippen LogP contribution in [0.1, 0.15) is 33.6 Å². The minimum atomic E-state index is 0.0772. The van der Waals surface area contributed by atoms with Gasteiger partial charge in [0.15, 0.2) is 0 Å². The fourth-order valence-corrected chi connectivity index (χ4v) is 2.68. The molecule has 0 radical (unpaired) electrons. The second kappa shape index (κ2) is 6.75. The maximum absolute atomic E-state index is 11.6. The van der Waals surface area contributed by atoms with E-state index in [1.165, 1.54) is 5.69 Å². The minimum absolute atomic E-state index is 0.0772. The maximum atomic E-state index is 11.6. The van der Waals surface area contributed by atoms with Crippen molar-refractivity contribution in [3.05, 3.63) is 24.3 Å². The first-order chi connectivity index (χ1) is 9.61. The average Bonchev–Trinajstić information content (AvgIpc) is 2.40. The highest BCUT2D eigenvalue weighted by atomic mass is 16.5. The summed E-state index contributed by atoms with van der Waals surface area (Å²) < 4.78 is 5.55. The number of anilines is 2. The highest BCUT2D eigenvalue weighted by Gasteiger charge is 2.25. The SMILES string of the molecule is CCCC(=O)Nc1ccc(N2C(C)COCC2C)cc1. The number of carbonyl (C=O) groups is 1. The van der Waals surface area contributed by atoms with E-state index in [0.717, 1.165) is 25.3 Å². The Kier molecular flexibility index (Phi) is 5.01. The van der Waals surface area contributed by atoms with Gasteiger partial charge in [0.2, 0.25) is 5.91 Å². The van der Waals surface area contributed by atoms with E-state index in [1.54, 1.807) is 0 Å². The van der Waals surface area contributed by atoms with E-state index in [9.17, 15) is 4.79 Å². The fourth-order valence-electron chi connectivity index (χ4n) is 2.68. The lowest BCUT2D eigenvalue weighted by molar-refractivity contribution is -0.116. The maximum Gasteiger partial charge on any atom is 0.224 e. The summed E-state index contributed by atoms with van der Waals surface area (Å²) in [7, 11) is 0. The van der Waals surface area contributed by atoms with Crippen LogP contribution in [0.5, 0.6) is 0 Å². The van der Waals surface area contributed by atoms with Crippen LogP contribution >= 0.6 is 0 Å². The van der Waals surface area contributed by atoms with Crippen LogP contribution in [0.4, 0.5) is 11.4 Å². The molecule has 1 heterocycles. The summed E-state index contributed by atoms with van der Waals surface area (Å²) in [6.45, 7) is 7.88. The molecular formula is C16H24N2O2. The molecule has 0 aliphatic carbocycles. The van der Waals surface area contributed by atoms with Gasteiger partial charge in [0.05, 0.1) is 13.2 Å². The molecule has 1 aromatic carbocycles. The molecule has 1 aromatic rings. The zero-order valence-corrected chi connectivity index (χ0v) is 12.6. The largest absolute Gasteiger partial charge is 0.377 e. The van der Waals surface area contributed by atoms with E-state index >= 15 is 0 Å². The van der Waals surface area contributed by atoms with Crippen molar-refractivity contribution >= 4 is 17.3 Å². The number of hydrogen-bond acceptors (Lipinski definition) is 3. The summed E-state index contributed by atoms with van der Waals surface area (Å²) in [5.74, 6) is 0.0772. The number of carbonyl (C=O) groups excluding carboxylic acids is 1. The Morgan fingerprint density at radius 3 is 2.40 bits per heavy atom. The zero-order valence-electron chi connectivity index (χ0n) is 12.6. The number of morpholine rings is 1. The molecule has 1 amide bonds. The van der Waals surface area contributed by atoms with Crippen molar-refractivity contribution < 1.29 is 9.53 Å². The lowest BCUT2D eigenvalue weighted by Crippen LogP contribution is -2.49. The van der Waals surface area contributed by atoms with E-state index in [1.807, 2.05) is 19.1 Å². The van der Waals surface area contributed by atoms with Gasteiger partial charge < -0.3 is 15.0 Å². The van der Waals surface area contributed by atoms with Crippen molar-refractivity contribution in [3.8, 4) is 0 Å². The monoisotopic (exact) mass is 276 g/mol. The van der Waals surface area contributed by atoms with Crippen LogP contribution in [0.3, 0.4) is 0 Å². The Hall–Kier alpha value is -1.55. The van der Waals surface area contributed by atoms with E-state index in [4.69, 9.17) is 4.74 Å². The van der Waals surface area contributed by atoms with Gasteiger partial charge in [0.25, 0.3) is 0 Å². The summed E-state index contributed by atoms with van der Waals surface area (Å²) in [6.07, 6.45) is 1.44. The van der Waals surface area contributed by atoms with Gasteiger partial charge in [0, 0.05) is 29.9 Å². The molecule has 20 heavy (non-hydrogen) atoms. The van der Waals surface area contributed by atoms with Gasteiger partial charge in [0.1, 0.15) is 0 Å². The highest BCUT2D eigenvalue weighted by Crippen LogP contribution is 2.25. The van der Waals surface area contributed by atoms with Crippen LogP contribution in [-0.4, -0.2) is 31.2 Å². The zero-order chi connectivity index (χ0) is 14.5. The third-order valence-corrected chi connectivity index (χ3v) is 3.59. The van der Waals surface area contributed by atoms with Crippen molar-refractivity contribution in [3.63, 3.8) is 0 Å². The predicted octanol–water partition coefficient (Wildman–Crippen LogP) is 3.04. The summed E-state index contributed by atoms with van der Waals surface area (Å²) in [5, 5.41) is 2.91.